The summed E-state index contributed by atoms with van der Waals surface area (Å²) in [5.41, 5.74) is 4.91. The van der Waals surface area contributed by atoms with Crippen LogP contribution in [0, 0.1) is 31.6 Å². The van der Waals surface area contributed by atoms with E-state index in [0.29, 0.717) is 5.92 Å². The van der Waals surface area contributed by atoms with E-state index in [4.69, 9.17) is 0 Å². The molecule has 2 amide bonds. The molecule has 0 spiro atoms. The van der Waals surface area contributed by atoms with Crippen LogP contribution in [-0.2, 0) is 10.2 Å². The number of anilines is 1. The molecule has 2 aromatic rings. The van der Waals surface area contributed by atoms with Crippen molar-refractivity contribution in [3.63, 3.8) is 0 Å². The number of carbonyl (C=O) groups excluding carboxylic acids is 2. The molecule has 36 heavy (non-hydrogen) atoms. The van der Waals surface area contributed by atoms with Crippen molar-refractivity contribution in [2.45, 2.75) is 91.5 Å². The number of nitrogens with zero attached hydrogens (tertiary/aromatic N) is 1. The number of nitrogens with one attached hydrogen (secondary N) is 1. The number of piperidine rings is 1. The molecule has 1 aliphatic heterocycles. The van der Waals surface area contributed by atoms with Gasteiger partial charge < -0.3 is 10.2 Å². The molecule has 1 saturated heterocycles. The number of carbonyl (C=O) groups is 2. The molecule has 2 aliphatic rings. The Kier molecular flexibility index (Phi) is 7.92. The van der Waals surface area contributed by atoms with Crippen LogP contribution in [0.25, 0.3) is 0 Å². The lowest BCUT2D eigenvalue weighted by molar-refractivity contribution is -0.124. The smallest absolute Gasteiger partial charge is 0.254 e. The van der Waals surface area contributed by atoms with Crippen molar-refractivity contribution in [3.8, 4) is 0 Å². The number of amides is 2. The molecule has 2 atom stereocenters. The third-order valence-corrected chi connectivity index (χ3v) is 8.52. The highest BCUT2D eigenvalue weighted by Crippen LogP contribution is 2.40. The van der Waals surface area contributed by atoms with Crippen LogP contribution in [0.4, 0.5) is 5.69 Å². The summed E-state index contributed by atoms with van der Waals surface area (Å²) in [7, 11) is 0. The molecule has 0 unspecified atom stereocenters. The second kappa shape index (κ2) is 10.8. The van der Waals surface area contributed by atoms with Gasteiger partial charge in [0.2, 0.25) is 5.91 Å². The van der Waals surface area contributed by atoms with Crippen molar-refractivity contribution in [1.29, 1.82) is 0 Å². The van der Waals surface area contributed by atoms with Crippen LogP contribution >= 0.6 is 0 Å². The highest BCUT2D eigenvalue weighted by molar-refractivity contribution is 5.99. The highest BCUT2D eigenvalue weighted by Gasteiger charge is 2.44. The number of likely N-dealkylation sites (tertiary alicyclic amines) is 1. The van der Waals surface area contributed by atoms with Crippen LogP contribution in [0.15, 0.2) is 42.5 Å². The second-order valence-corrected chi connectivity index (χ2v) is 12.3. The first-order chi connectivity index (χ1) is 17.1. The van der Waals surface area contributed by atoms with Gasteiger partial charge in [0, 0.05) is 23.8 Å². The van der Waals surface area contributed by atoms with Crippen molar-refractivity contribution in [1.82, 2.24) is 4.90 Å². The van der Waals surface area contributed by atoms with E-state index >= 15 is 0 Å². The predicted octanol–water partition coefficient (Wildman–Crippen LogP) is 7.29. The third kappa shape index (κ3) is 5.68. The van der Waals surface area contributed by atoms with Crippen LogP contribution < -0.4 is 5.32 Å². The summed E-state index contributed by atoms with van der Waals surface area (Å²) in [4.78, 5) is 29.9. The Morgan fingerprint density at radius 1 is 0.917 bits per heavy atom. The van der Waals surface area contributed by atoms with Gasteiger partial charge in [0.05, 0.1) is 5.92 Å². The summed E-state index contributed by atoms with van der Waals surface area (Å²) in [6, 6.07) is 14.2. The molecule has 2 fully saturated rings. The van der Waals surface area contributed by atoms with Crippen molar-refractivity contribution in [2.75, 3.05) is 11.9 Å². The molecule has 4 heteroatoms. The minimum absolute atomic E-state index is 0.0154. The van der Waals surface area contributed by atoms with Crippen LogP contribution in [0.1, 0.15) is 93.3 Å². The summed E-state index contributed by atoms with van der Waals surface area (Å²) >= 11 is 0. The Morgan fingerprint density at radius 3 is 2.19 bits per heavy atom. The molecule has 194 valence electrons. The number of benzene rings is 2. The molecule has 1 N–H and O–H groups in total. The molecular formula is C32H44N2O2. The number of aryl methyl sites for hydroxylation is 2. The summed E-state index contributed by atoms with van der Waals surface area (Å²) in [6.45, 7) is 13.7. The maximum atomic E-state index is 14.0. The lowest BCUT2D eigenvalue weighted by atomic mass is 9.72. The molecule has 4 nitrogen and oxygen atoms in total. The average molecular weight is 489 g/mol. The number of hydrogen-bond donors (Lipinski definition) is 1. The van der Waals surface area contributed by atoms with Crippen molar-refractivity contribution < 1.29 is 9.59 Å². The molecule has 1 saturated carbocycles. The largest absolute Gasteiger partial charge is 0.335 e. The topological polar surface area (TPSA) is 49.4 Å². The van der Waals surface area contributed by atoms with Gasteiger partial charge in [0.25, 0.3) is 5.91 Å². The summed E-state index contributed by atoms with van der Waals surface area (Å²) in [6.07, 6.45) is 6.22. The van der Waals surface area contributed by atoms with Crippen LogP contribution in [0.3, 0.4) is 0 Å². The maximum Gasteiger partial charge on any atom is 0.254 e. The van der Waals surface area contributed by atoms with E-state index in [9.17, 15) is 9.59 Å². The van der Waals surface area contributed by atoms with E-state index in [1.54, 1.807) is 0 Å². The van der Waals surface area contributed by atoms with Gasteiger partial charge in [-0.05, 0) is 85.6 Å². The summed E-state index contributed by atoms with van der Waals surface area (Å²) in [5, 5.41) is 3.25. The van der Waals surface area contributed by atoms with Gasteiger partial charge in [-0.25, -0.2) is 0 Å². The van der Waals surface area contributed by atoms with Gasteiger partial charge in [-0.15, -0.1) is 0 Å². The maximum absolute atomic E-state index is 14.0. The minimum Gasteiger partial charge on any atom is -0.335 e. The zero-order valence-corrected chi connectivity index (χ0v) is 23.1. The molecule has 1 aliphatic carbocycles. The normalized spacial score (nSPS) is 24.9. The van der Waals surface area contributed by atoms with Gasteiger partial charge in [-0.3, -0.25) is 9.59 Å². The molecule has 0 bridgehead atoms. The summed E-state index contributed by atoms with van der Waals surface area (Å²) < 4.78 is 0. The number of hydrogen-bond acceptors (Lipinski definition) is 2. The van der Waals surface area contributed by atoms with Gasteiger partial charge in [-0.2, -0.15) is 0 Å². The van der Waals surface area contributed by atoms with E-state index in [1.807, 2.05) is 44.2 Å². The second-order valence-electron chi connectivity index (χ2n) is 12.3. The minimum atomic E-state index is -0.191. The van der Waals surface area contributed by atoms with Gasteiger partial charge >= 0.3 is 0 Å². The monoisotopic (exact) mass is 488 g/mol. The third-order valence-electron chi connectivity index (χ3n) is 8.52. The van der Waals surface area contributed by atoms with Crippen molar-refractivity contribution >= 4 is 17.5 Å². The first kappa shape index (κ1) is 26.4. The standard InChI is InChI=1S/C32H44N2O2/c1-21-15-17-24(18-16-21)29-27(30(35)33-26-13-8-12-25(20-26)32(4,5)6)14-9-19-34(29)31(36)28-22(2)10-7-11-23(28)3/h7-8,10-13,20-21,24,27,29H,9,14-19H2,1-6H3,(H,33,35)/t21?,24?,27-,29-/m0/s1. The Labute approximate surface area is 217 Å². The Morgan fingerprint density at radius 2 is 1.56 bits per heavy atom. The van der Waals surface area contributed by atoms with Crippen molar-refractivity contribution in [2.24, 2.45) is 17.8 Å². The van der Waals surface area contributed by atoms with E-state index in [1.165, 1.54) is 18.4 Å². The van der Waals surface area contributed by atoms with E-state index < -0.39 is 0 Å². The molecule has 1 heterocycles. The summed E-state index contributed by atoms with van der Waals surface area (Å²) in [5.74, 6) is 1.06. The van der Waals surface area contributed by atoms with E-state index in [-0.39, 0.29) is 29.2 Å². The first-order valence-electron chi connectivity index (χ1n) is 13.8. The first-order valence-corrected chi connectivity index (χ1v) is 13.8. The highest BCUT2D eigenvalue weighted by atomic mass is 16.2. The predicted molar refractivity (Wildman–Crippen MR) is 148 cm³/mol. The lowest BCUT2D eigenvalue weighted by Crippen LogP contribution is -2.55. The fourth-order valence-corrected chi connectivity index (χ4v) is 6.35. The Balaban J connectivity index is 1.64. The fourth-order valence-electron chi connectivity index (χ4n) is 6.35. The van der Waals surface area contributed by atoms with Crippen LogP contribution in [0.2, 0.25) is 0 Å². The van der Waals surface area contributed by atoms with Gasteiger partial charge in [-0.1, -0.05) is 70.9 Å². The average Bonchev–Trinajstić information content (AvgIpc) is 2.83. The van der Waals surface area contributed by atoms with E-state index in [0.717, 1.165) is 60.5 Å². The molecule has 2 aromatic carbocycles. The Hall–Kier alpha value is -2.62. The SMILES string of the molecule is Cc1cccc(C)c1C(=O)N1CCC[C@H](C(=O)Nc2cccc(C(C)(C)C)c2)[C@@H]1C1CCC(C)CC1. The zero-order chi connectivity index (χ0) is 26.0. The van der Waals surface area contributed by atoms with Crippen LogP contribution in [0.5, 0.6) is 0 Å². The molecule has 4 rings (SSSR count). The van der Waals surface area contributed by atoms with Gasteiger partial charge in [0.15, 0.2) is 0 Å². The van der Waals surface area contributed by atoms with E-state index in [2.05, 4.69) is 50.0 Å². The molecular weight excluding hydrogens is 444 g/mol. The molecule has 0 aromatic heterocycles. The van der Waals surface area contributed by atoms with Gasteiger partial charge in [0.1, 0.15) is 0 Å². The fraction of sp³-hybridized carbons (Fsp3) is 0.562. The molecule has 0 radical (unpaired) electrons. The lowest BCUT2D eigenvalue weighted by Gasteiger charge is -2.46. The van der Waals surface area contributed by atoms with Crippen molar-refractivity contribution in [3.05, 3.63) is 64.7 Å². The quantitative estimate of drug-likeness (QED) is 0.491. The number of rotatable bonds is 4. The van der Waals surface area contributed by atoms with Crippen LogP contribution in [-0.4, -0.2) is 29.3 Å². The zero-order valence-electron chi connectivity index (χ0n) is 23.1. The Bertz CT molecular complexity index is 1070.